The van der Waals surface area contributed by atoms with E-state index < -0.39 is 0 Å². The first-order valence-electron chi connectivity index (χ1n) is 4.82. The second-order valence-electron chi connectivity index (χ2n) is 3.49. The quantitative estimate of drug-likeness (QED) is 0.679. The van der Waals surface area contributed by atoms with E-state index in [-0.39, 0.29) is 18.3 Å². The summed E-state index contributed by atoms with van der Waals surface area (Å²) in [7, 11) is 0. The predicted octanol–water partition coefficient (Wildman–Crippen LogP) is 1.34. The van der Waals surface area contributed by atoms with Crippen LogP contribution < -0.4 is 5.73 Å². The molecule has 78 valence electrons. The maximum absolute atomic E-state index is 9.79. The molecule has 1 rings (SSSR count). The van der Waals surface area contributed by atoms with Crippen LogP contribution in [0.15, 0.2) is 18.2 Å². The summed E-state index contributed by atoms with van der Waals surface area (Å²) >= 11 is 0. The lowest BCUT2D eigenvalue weighted by Crippen LogP contribution is -2.05. The summed E-state index contributed by atoms with van der Waals surface area (Å²) in [4.78, 5) is 0. The molecule has 4 N–H and O–H groups in total. The minimum absolute atomic E-state index is 0.130. The van der Waals surface area contributed by atoms with Crippen molar-refractivity contribution in [3.63, 3.8) is 0 Å². The van der Waals surface area contributed by atoms with Crippen LogP contribution in [0.2, 0.25) is 0 Å². The van der Waals surface area contributed by atoms with Gasteiger partial charge in [-0.3, -0.25) is 0 Å². The topological polar surface area (TPSA) is 66.5 Å². The van der Waals surface area contributed by atoms with Gasteiger partial charge < -0.3 is 15.9 Å². The Morgan fingerprint density at radius 1 is 1.43 bits per heavy atom. The molecule has 3 heteroatoms. The van der Waals surface area contributed by atoms with Crippen LogP contribution in [0, 0.1) is 0 Å². The molecular formula is C11H17NO2. The van der Waals surface area contributed by atoms with Gasteiger partial charge in [0.2, 0.25) is 0 Å². The molecule has 1 atom stereocenters. The lowest BCUT2D eigenvalue weighted by atomic mass is 9.95. The minimum atomic E-state index is -0.130. The van der Waals surface area contributed by atoms with Gasteiger partial charge in [0.15, 0.2) is 0 Å². The van der Waals surface area contributed by atoms with E-state index >= 15 is 0 Å². The average Bonchev–Trinajstić information content (AvgIpc) is 2.18. The zero-order chi connectivity index (χ0) is 10.6. The Morgan fingerprint density at radius 3 is 2.71 bits per heavy atom. The summed E-state index contributed by atoms with van der Waals surface area (Å²) in [5.41, 5.74) is 6.89. The molecule has 0 saturated heterocycles. The number of benzene rings is 1. The number of nitrogens with two attached hydrogens (primary N) is 1. The number of hydrogen-bond acceptors (Lipinski definition) is 3. The summed E-state index contributed by atoms with van der Waals surface area (Å²) in [6.45, 7) is 2.49. The van der Waals surface area contributed by atoms with Crippen molar-refractivity contribution in [2.75, 3.05) is 6.54 Å². The van der Waals surface area contributed by atoms with Crippen molar-refractivity contribution in [3.05, 3.63) is 29.3 Å². The molecule has 0 aliphatic heterocycles. The Labute approximate surface area is 84.2 Å². The second-order valence-corrected chi connectivity index (χ2v) is 3.49. The third-order valence-corrected chi connectivity index (χ3v) is 2.45. The van der Waals surface area contributed by atoms with Crippen LogP contribution in [0.4, 0.5) is 0 Å². The average molecular weight is 195 g/mol. The zero-order valence-corrected chi connectivity index (χ0v) is 8.40. The van der Waals surface area contributed by atoms with Crippen LogP contribution in [0.25, 0.3) is 0 Å². The molecule has 0 aliphatic carbocycles. The highest BCUT2D eigenvalue weighted by molar-refractivity contribution is 5.41. The first-order chi connectivity index (χ1) is 6.70. The van der Waals surface area contributed by atoms with Crippen molar-refractivity contribution < 1.29 is 10.2 Å². The van der Waals surface area contributed by atoms with Gasteiger partial charge in [-0.25, -0.2) is 0 Å². The zero-order valence-electron chi connectivity index (χ0n) is 8.40. The molecule has 1 aromatic rings. The molecule has 0 heterocycles. The smallest absolute Gasteiger partial charge is 0.124 e. The van der Waals surface area contributed by atoms with Gasteiger partial charge in [0, 0.05) is 5.56 Å². The monoisotopic (exact) mass is 195 g/mol. The molecule has 1 unspecified atom stereocenters. The van der Waals surface area contributed by atoms with E-state index in [1.54, 1.807) is 6.07 Å². The fourth-order valence-electron chi connectivity index (χ4n) is 1.54. The van der Waals surface area contributed by atoms with Crippen molar-refractivity contribution in [1.29, 1.82) is 0 Å². The van der Waals surface area contributed by atoms with E-state index in [2.05, 4.69) is 0 Å². The van der Waals surface area contributed by atoms with Gasteiger partial charge in [-0.1, -0.05) is 25.1 Å². The standard InChI is InChI=1S/C11H17NO2/c1-8(5-6-12)10-4-2-3-9(7-13)11(10)14/h2-4,8,13-14H,5-7,12H2,1H3. The van der Waals surface area contributed by atoms with Gasteiger partial charge in [-0.15, -0.1) is 0 Å². The van der Waals surface area contributed by atoms with Crippen LogP contribution in [-0.4, -0.2) is 16.8 Å². The van der Waals surface area contributed by atoms with Gasteiger partial charge in [0.05, 0.1) is 6.61 Å². The maximum atomic E-state index is 9.79. The second kappa shape index (κ2) is 4.98. The van der Waals surface area contributed by atoms with Gasteiger partial charge in [-0.05, 0) is 24.4 Å². The molecule has 0 fully saturated rings. The Bertz CT molecular complexity index is 299. The highest BCUT2D eigenvalue weighted by atomic mass is 16.3. The normalized spacial score (nSPS) is 12.8. The Morgan fingerprint density at radius 2 is 2.14 bits per heavy atom. The minimum Gasteiger partial charge on any atom is -0.507 e. The van der Waals surface area contributed by atoms with Crippen molar-refractivity contribution in [2.45, 2.75) is 25.9 Å². The highest BCUT2D eigenvalue weighted by Gasteiger charge is 2.11. The van der Waals surface area contributed by atoms with Crippen LogP contribution >= 0.6 is 0 Å². The number of para-hydroxylation sites is 1. The lowest BCUT2D eigenvalue weighted by molar-refractivity contribution is 0.275. The van der Waals surface area contributed by atoms with E-state index in [1.807, 2.05) is 19.1 Å². The van der Waals surface area contributed by atoms with Crippen molar-refractivity contribution in [3.8, 4) is 5.75 Å². The van der Waals surface area contributed by atoms with E-state index in [9.17, 15) is 5.11 Å². The fourth-order valence-corrected chi connectivity index (χ4v) is 1.54. The van der Waals surface area contributed by atoms with Gasteiger partial charge in [-0.2, -0.15) is 0 Å². The molecule has 0 amide bonds. The van der Waals surface area contributed by atoms with Crippen molar-refractivity contribution >= 4 is 0 Å². The van der Waals surface area contributed by atoms with Crippen molar-refractivity contribution in [2.24, 2.45) is 5.73 Å². The number of aliphatic hydroxyl groups is 1. The van der Waals surface area contributed by atoms with E-state index in [0.29, 0.717) is 12.1 Å². The van der Waals surface area contributed by atoms with Crippen molar-refractivity contribution in [1.82, 2.24) is 0 Å². The van der Waals surface area contributed by atoms with E-state index in [0.717, 1.165) is 12.0 Å². The summed E-state index contributed by atoms with van der Waals surface area (Å²) in [6.07, 6.45) is 0.836. The number of hydrogen-bond donors (Lipinski definition) is 3. The lowest BCUT2D eigenvalue weighted by Gasteiger charge is -2.14. The number of aromatic hydroxyl groups is 1. The summed E-state index contributed by atoms with van der Waals surface area (Å²) in [5.74, 6) is 0.433. The van der Waals surface area contributed by atoms with Gasteiger partial charge in [0.1, 0.15) is 5.75 Å². The molecule has 14 heavy (non-hydrogen) atoms. The molecular weight excluding hydrogens is 178 g/mol. The summed E-state index contributed by atoms with van der Waals surface area (Å²) < 4.78 is 0. The van der Waals surface area contributed by atoms with Gasteiger partial charge >= 0.3 is 0 Å². The third kappa shape index (κ3) is 2.25. The first-order valence-corrected chi connectivity index (χ1v) is 4.82. The molecule has 1 aromatic carbocycles. The van der Waals surface area contributed by atoms with Gasteiger partial charge in [0.25, 0.3) is 0 Å². The molecule has 0 saturated carbocycles. The number of rotatable bonds is 4. The summed E-state index contributed by atoms with van der Waals surface area (Å²) in [6, 6.07) is 5.43. The Kier molecular flexibility index (Phi) is 3.92. The molecule has 0 aliphatic rings. The molecule has 3 nitrogen and oxygen atoms in total. The van der Waals surface area contributed by atoms with E-state index in [4.69, 9.17) is 10.8 Å². The molecule has 0 bridgehead atoms. The predicted molar refractivity (Wildman–Crippen MR) is 56.1 cm³/mol. The van der Waals surface area contributed by atoms with Crippen LogP contribution in [0.5, 0.6) is 5.75 Å². The highest BCUT2D eigenvalue weighted by Crippen LogP contribution is 2.30. The van der Waals surface area contributed by atoms with E-state index in [1.165, 1.54) is 0 Å². The number of phenols is 1. The third-order valence-electron chi connectivity index (χ3n) is 2.45. The summed E-state index contributed by atoms with van der Waals surface area (Å²) in [5, 5.41) is 18.8. The largest absolute Gasteiger partial charge is 0.507 e. The maximum Gasteiger partial charge on any atom is 0.124 e. The van der Waals surface area contributed by atoms with Crippen LogP contribution in [0.3, 0.4) is 0 Å². The fraction of sp³-hybridized carbons (Fsp3) is 0.455. The first kappa shape index (κ1) is 11.0. The van der Waals surface area contributed by atoms with Crippen LogP contribution in [-0.2, 0) is 6.61 Å². The SMILES string of the molecule is CC(CCN)c1cccc(CO)c1O. The molecule has 0 radical (unpaired) electrons. The Balaban J connectivity index is 2.96. The van der Waals surface area contributed by atoms with Crippen LogP contribution in [0.1, 0.15) is 30.4 Å². The number of aliphatic hydroxyl groups excluding tert-OH is 1. The molecule has 0 spiro atoms. The Hall–Kier alpha value is -1.06. The molecule has 0 aromatic heterocycles.